The molecule has 0 aromatic carbocycles. The van der Waals surface area contributed by atoms with Gasteiger partial charge in [0.25, 0.3) is 0 Å². The van der Waals surface area contributed by atoms with Crippen molar-refractivity contribution in [3.63, 3.8) is 0 Å². The monoisotopic (exact) mass is 286 g/mol. The normalized spacial score (nSPS) is 30.6. The topological polar surface area (TPSA) is 90.3 Å². The number of carboxylic acid groups (broad SMARTS) is 1. The molecule has 2 N–H and O–H groups in total. The minimum absolute atomic E-state index is 0.0242. The highest BCUT2D eigenvalue weighted by Gasteiger charge is 2.35. The number of nitrogens with zero attached hydrogens (tertiary/aromatic N) is 2. The number of morpholine rings is 1. The number of rotatable bonds is 3. The third-order valence-electron chi connectivity index (χ3n) is 3.97. The van der Waals surface area contributed by atoms with Gasteiger partial charge < -0.3 is 24.7 Å². The van der Waals surface area contributed by atoms with Gasteiger partial charge in [0.15, 0.2) is 0 Å². The van der Waals surface area contributed by atoms with Crippen molar-refractivity contribution < 1.29 is 24.5 Å². The average Bonchev–Trinajstić information content (AvgIpc) is 2.86. The van der Waals surface area contributed by atoms with Gasteiger partial charge in [-0.1, -0.05) is 0 Å². The lowest BCUT2D eigenvalue weighted by molar-refractivity contribution is -0.138. The van der Waals surface area contributed by atoms with E-state index in [1.807, 2.05) is 6.92 Å². The summed E-state index contributed by atoms with van der Waals surface area (Å²) in [6.07, 6.45) is 0.523. The predicted octanol–water partition coefficient (Wildman–Crippen LogP) is -0.0154. The molecule has 114 valence electrons. The molecular formula is C13H22N2O5. The fourth-order valence-electron chi connectivity index (χ4n) is 2.80. The van der Waals surface area contributed by atoms with Crippen molar-refractivity contribution in [3.8, 4) is 0 Å². The summed E-state index contributed by atoms with van der Waals surface area (Å²) in [7, 11) is 0. The summed E-state index contributed by atoms with van der Waals surface area (Å²) in [5.74, 6) is -0.772. The molecule has 0 spiro atoms. The molecule has 2 heterocycles. The number of hydrogen-bond donors (Lipinski definition) is 2. The van der Waals surface area contributed by atoms with Crippen LogP contribution in [0.25, 0.3) is 0 Å². The van der Waals surface area contributed by atoms with E-state index in [0.717, 1.165) is 6.42 Å². The maximum atomic E-state index is 12.5. The summed E-state index contributed by atoms with van der Waals surface area (Å²) in [6.45, 7) is 3.72. The Kier molecular flexibility index (Phi) is 4.82. The Bertz CT molecular complexity index is 376. The largest absolute Gasteiger partial charge is 0.481 e. The smallest absolute Gasteiger partial charge is 0.320 e. The number of urea groups is 1. The van der Waals surface area contributed by atoms with E-state index < -0.39 is 5.97 Å². The van der Waals surface area contributed by atoms with E-state index >= 15 is 0 Å². The lowest BCUT2D eigenvalue weighted by Crippen LogP contribution is -2.55. The number of aliphatic hydroxyl groups is 1. The fraction of sp³-hybridized carbons (Fsp3) is 0.846. The van der Waals surface area contributed by atoms with Gasteiger partial charge in [-0.15, -0.1) is 0 Å². The van der Waals surface area contributed by atoms with Crippen LogP contribution in [0.3, 0.4) is 0 Å². The summed E-state index contributed by atoms with van der Waals surface area (Å²) >= 11 is 0. The molecule has 2 saturated heterocycles. The minimum atomic E-state index is -0.815. The Balaban J connectivity index is 1.92. The van der Waals surface area contributed by atoms with Gasteiger partial charge in [-0.3, -0.25) is 4.79 Å². The maximum absolute atomic E-state index is 12.5. The second-order valence-electron chi connectivity index (χ2n) is 5.62. The van der Waals surface area contributed by atoms with E-state index in [4.69, 9.17) is 14.9 Å². The van der Waals surface area contributed by atoms with Crippen molar-refractivity contribution in [2.45, 2.75) is 31.9 Å². The van der Waals surface area contributed by atoms with Crippen LogP contribution in [0.4, 0.5) is 4.79 Å². The van der Waals surface area contributed by atoms with E-state index in [1.54, 1.807) is 9.80 Å². The zero-order valence-corrected chi connectivity index (χ0v) is 11.7. The standard InChI is InChI=1S/C13H22N2O5/c1-9-8-20-11(7-16)6-15(9)13(19)14-3-2-10(5-14)4-12(17)18/h9-11,16H,2-8H2,1H3,(H,17,18). The summed E-state index contributed by atoms with van der Waals surface area (Å²) in [4.78, 5) is 26.6. The lowest BCUT2D eigenvalue weighted by atomic mass is 10.1. The first kappa shape index (κ1) is 15.1. The molecule has 2 fully saturated rings. The molecule has 3 atom stereocenters. The van der Waals surface area contributed by atoms with Crippen LogP contribution in [-0.4, -0.2) is 77.0 Å². The molecule has 7 heteroatoms. The molecule has 2 amide bonds. The SMILES string of the molecule is CC1COC(CO)CN1C(=O)N1CCC(CC(=O)O)C1. The summed E-state index contributed by atoms with van der Waals surface area (Å²) in [5, 5.41) is 17.9. The van der Waals surface area contributed by atoms with Crippen LogP contribution >= 0.6 is 0 Å². The number of likely N-dealkylation sites (tertiary alicyclic amines) is 1. The Labute approximate surface area is 118 Å². The van der Waals surface area contributed by atoms with Crippen molar-refractivity contribution in [3.05, 3.63) is 0 Å². The number of carbonyl (C=O) groups is 2. The molecule has 20 heavy (non-hydrogen) atoms. The van der Waals surface area contributed by atoms with Gasteiger partial charge in [0.05, 0.1) is 31.9 Å². The van der Waals surface area contributed by atoms with Gasteiger partial charge >= 0.3 is 12.0 Å². The first-order valence-corrected chi connectivity index (χ1v) is 7.01. The maximum Gasteiger partial charge on any atom is 0.320 e. The first-order chi connectivity index (χ1) is 9.51. The quantitative estimate of drug-likeness (QED) is 0.761. The third kappa shape index (κ3) is 3.40. The molecule has 7 nitrogen and oxygen atoms in total. The Morgan fingerprint density at radius 1 is 1.35 bits per heavy atom. The van der Waals surface area contributed by atoms with E-state index in [1.165, 1.54) is 0 Å². The van der Waals surface area contributed by atoms with Gasteiger partial charge in [-0.05, 0) is 19.3 Å². The Hall–Kier alpha value is -1.34. The average molecular weight is 286 g/mol. The third-order valence-corrected chi connectivity index (χ3v) is 3.97. The molecule has 0 saturated carbocycles. The number of aliphatic hydroxyl groups excluding tert-OH is 1. The minimum Gasteiger partial charge on any atom is -0.481 e. The fourth-order valence-corrected chi connectivity index (χ4v) is 2.80. The molecule has 0 radical (unpaired) electrons. The molecule has 2 rings (SSSR count). The second-order valence-corrected chi connectivity index (χ2v) is 5.62. The molecule has 0 aromatic heterocycles. The summed E-state index contributed by atoms with van der Waals surface area (Å²) in [5.41, 5.74) is 0. The van der Waals surface area contributed by atoms with Gasteiger partial charge in [-0.2, -0.15) is 0 Å². The predicted molar refractivity (Wildman–Crippen MR) is 70.3 cm³/mol. The van der Waals surface area contributed by atoms with Crippen molar-refractivity contribution in [2.24, 2.45) is 5.92 Å². The van der Waals surface area contributed by atoms with Gasteiger partial charge in [-0.25, -0.2) is 4.79 Å². The second kappa shape index (κ2) is 6.41. The van der Waals surface area contributed by atoms with E-state index in [9.17, 15) is 9.59 Å². The molecule has 2 aliphatic heterocycles. The van der Waals surface area contributed by atoms with Crippen LogP contribution in [0.2, 0.25) is 0 Å². The van der Waals surface area contributed by atoms with E-state index in [-0.39, 0.29) is 37.1 Å². The first-order valence-electron chi connectivity index (χ1n) is 7.01. The van der Waals surface area contributed by atoms with Crippen LogP contribution in [0.15, 0.2) is 0 Å². The number of amides is 2. The van der Waals surface area contributed by atoms with E-state index in [0.29, 0.717) is 26.2 Å². The van der Waals surface area contributed by atoms with Crippen molar-refractivity contribution in [1.29, 1.82) is 0 Å². The zero-order valence-electron chi connectivity index (χ0n) is 11.7. The zero-order chi connectivity index (χ0) is 14.7. The molecular weight excluding hydrogens is 264 g/mol. The van der Waals surface area contributed by atoms with Crippen molar-refractivity contribution in [1.82, 2.24) is 9.80 Å². The molecule has 0 aliphatic carbocycles. The van der Waals surface area contributed by atoms with Gasteiger partial charge in [0.1, 0.15) is 0 Å². The number of ether oxygens (including phenoxy) is 1. The van der Waals surface area contributed by atoms with Gasteiger partial charge in [0, 0.05) is 19.5 Å². The van der Waals surface area contributed by atoms with Crippen LogP contribution in [0.5, 0.6) is 0 Å². The Morgan fingerprint density at radius 2 is 2.10 bits per heavy atom. The summed E-state index contributed by atoms with van der Waals surface area (Å²) < 4.78 is 5.42. The van der Waals surface area contributed by atoms with Crippen molar-refractivity contribution in [2.75, 3.05) is 32.8 Å². The number of carboxylic acids is 1. The Morgan fingerprint density at radius 3 is 2.75 bits per heavy atom. The van der Waals surface area contributed by atoms with Crippen LogP contribution in [-0.2, 0) is 9.53 Å². The van der Waals surface area contributed by atoms with Gasteiger partial charge in [0.2, 0.25) is 0 Å². The molecule has 0 bridgehead atoms. The van der Waals surface area contributed by atoms with Crippen molar-refractivity contribution >= 4 is 12.0 Å². The lowest BCUT2D eigenvalue weighted by Gasteiger charge is -2.39. The highest BCUT2D eigenvalue weighted by Crippen LogP contribution is 2.22. The van der Waals surface area contributed by atoms with E-state index in [2.05, 4.69) is 0 Å². The molecule has 0 aromatic rings. The number of carbonyl (C=O) groups excluding carboxylic acids is 1. The number of aliphatic carboxylic acids is 1. The summed E-state index contributed by atoms with van der Waals surface area (Å²) in [6, 6.07) is -0.101. The molecule has 3 unspecified atom stereocenters. The van der Waals surface area contributed by atoms with Crippen LogP contribution in [0.1, 0.15) is 19.8 Å². The van der Waals surface area contributed by atoms with Crippen LogP contribution < -0.4 is 0 Å². The van der Waals surface area contributed by atoms with Crippen LogP contribution in [0, 0.1) is 5.92 Å². The molecule has 2 aliphatic rings. The highest BCUT2D eigenvalue weighted by molar-refractivity contribution is 5.75. The number of hydrogen-bond acceptors (Lipinski definition) is 4. The highest BCUT2D eigenvalue weighted by atomic mass is 16.5.